The quantitative estimate of drug-likeness (QED) is 0.828. The van der Waals surface area contributed by atoms with Gasteiger partial charge in [-0.2, -0.15) is 0 Å². The van der Waals surface area contributed by atoms with Crippen molar-refractivity contribution in [3.63, 3.8) is 0 Å². The molecule has 0 N–H and O–H groups in total. The number of anilines is 1. The fraction of sp³-hybridized carbons (Fsp3) is 0.333. The molecule has 3 nitrogen and oxygen atoms in total. The summed E-state index contributed by atoms with van der Waals surface area (Å²) in [5.41, 5.74) is 0.0630. The Morgan fingerprint density at radius 2 is 2.17 bits per heavy atom. The molecule has 1 aromatic rings. The summed E-state index contributed by atoms with van der Waals surface area (Å²) in [5.74, 6) is -1.70. The molecule has 1 aliphatic rings. The molecule has 1 amide bonds. The molecule has 1 unspecified atom stereocenters. The van der Waals surface area contributed by atoms with Crippen molar-refractivity contribution in [1.29, 1.82) is 0 Å². The van der Waals surface area contributed by atoms with Crippen molar-refractivity contribution in [3.8, 4) is 0 Å². The van der Waals surface area contributed by atoms with E-state index in [2.05, 4.69) is 0 Å². The van der Waals surface area contributed by atoms with E-state index in [0.717, 1.165) is 23.9 Å². The summed E-state index contributed by atoms with van der Waals surface area (Å²) >= 11 is 1.08. The molecule has 2 rings (SSSR count). The zero-order valence-electron chi connectivity index (χ0n) is 9.65. The lowest BCUT2D eigenvalue weighted by molar-refractivity contribution is -0.117. The highest BCUT2D eigenvalue weighted by Gasteiger charge is 2.33. The number of rotatable bonds is 2. The molecule has 96 valence electrons. The van der Waals surface area contributed by atoms with Crippen molar-refractivity contribution in [3.05, 3.63) is 29.8 Å². The number of halogens is 2. The third kappa shape index (κ3) is 2.69. The van der Waals surface area contributed by atoms with Gasteiger partial charge in [0.1, 0.15) is 11.6 Å². The lowest BCUT2D eigenvalue weighted by atomic mass is 10.2. The number of hydrogen-bond acceptors (Lipinski definition) is 3. The van der Waals surface area contributed by atoms with E-state index in [1.54, 1.807) is 0 Å². The maximum Gasteiger partial charge on any atom is 0.228 e. The number of carbonyl (C=O) groups excluding carboxylic acids is 2. The van der Waals surface area contributed by atoms with E-state index in [1.807, 2.05) is 0 Å². The molecule has 0 aliphatic carbocycles. The predicted octanol–water partition coefficient (Wildman–Crippen LogP) is 2.35. The van der Waals surface area contributed by atoms with Gasteiger partial charge < -0.3 is 4.90 Å². The van der Waals surface area contributed by atoms with Gasteiger partial charge in [-0.25, -0.2) is 8.78 Å². The Kier molecular flexibility index (Phi) is 3.65. The standard InChI is InChI=1S/C12H11F2NO2S/c1-7(16)18-9-5-12(17)15(6-9)11-3-2-8(13)4-10(11)14/h2-4,9H,5-6H2,1H3. The van der Waals surface area contributed by atoms with Crippen LogP contribution < -0.4 is 4.90 Å². The molecular formula is C12H11F2NO2S. The van der Waals surface area contributed by atoms with Gasteiger partial charge in [-0.15, -0.1) is 0 Å². The largest absolute Gasteiger partial charge is 0.308 e. The first-order valence-electron chi connectivity index (χ1n) is 5.40. The summed E-state index contributed by atoms with van der Waals surface area (Å²) in [6.07, 6.45) is 0.195. The van der Waals surface area contributed by atoms with Gasteiger partial charge in [0.15, 0.2) is 5.12 Å². The van der Waals surface area contributed by atoms with Crippen LogP contribution in [-0.2, 0) is 9.59 Å². The van der Waals surface area contributed by atoms with Crippen molar-refractivity contribution >= 4 is 28.5 Å². The molecule has 1 fully saturated rings. The van der Waals surface area contributed by atoms with Crippen molar-refractivity contribution < 1.29 is 18.4 Å². The highest BCUT2D eigenvalue weighted by molar-refractivity contribution is 8.14. The highest BCUT2D eigenvalue weighted by atomic mass is 32.2. The minimum Gasteiger partial charge on any atom is -0.308 e. The van der Waals surface area contributed by atoms with Gasteiger partial charge in [0, 0.05) is 31.2 Å². The van der Waals surface area contributed by atoms with Gasteiger partial charge in [-0.1, -0.05) is 11.8 Å². The fourth-order valence-corrected chi connectivity index (χ4v) is 2.84. The Bertz CT molecular complexity index is 507. The average Bonchev–Trinajstić information content (AvgIpc) is 2.58. The SMILES string of the molecule is CC(=O)SC1CC(=O)N(c2ccc(F)cc2F)C1. The Morgan fingerprint density at radius 3 is 2.78 bits per heavy atom. The maximum atomic E-state index is 13.6. The Morgan fingerprint density at radius 1 is 1.44 bits per heavy atom. The summed E-state index contributed by atoms with van der Waals surface area (Å²) in [5, 5.41) is -0.242. The minimum atomic E-state index is -0.767. The van der Waals surface area contributed by atoms with Crippen LogP contribution in [0, 0.1) is 11.6 Å². The zero-order chi connectivity index (χ0) is 13.3. The molecule has 1 heterocycles. The second-order valence-electron chi connectivity index (χ2n) is 4.04. The first kappa shape index (κ1) is 13.0. The Balaban J connectivity index is 2.19. The van der Waals surface area contributed by atoms with Crippen LogP contribution in [0.15, 0.2) is 18.2 Å². The van der Waals surface area contributed by atoms with Crippen LogP contribution in [0.4, 0.5) is 14.5 Å². The van der Waals surface area contributed by atoms with E-state index < -0.39 is 11.6 Å². The van der Waals surface area contributed by atoms with Crippen LogP contribution in [0.2, 0.25) is 0 Å². The monoisotopic (exact) mass is 271 g/mol. The van der Waals surface area contributed by atoms with E-state index in [9.17, 15) is 18.4 Å². The zero-order valence-corrected chi connectivity index (χ0v) is 10.5. The molecule has 0 aromatic heterocycles. The predicted molar refractivity (Wildman–Crippen MR) is 65.4 cm³/mol. The molecule has 1 aliphatic heterocycles. The van der Waals surface area contributed by atoms with E-state index >= 15 is 0 Å². The van der Waals surface area contributed by atoms with Crippen LogP contribution in [0.5, 0.6) is 0 Å². The normalized spacial score (nSPS) is 19.4. The molecule has 0 bridgehead atoms. The maximum absolute atomic E-state index is 13.6. The van der Waals surface area contributed by atoms with Gasteiger partial charge in [0.25, 0.3) is 0 Å². The summed E-state index contributed by atoms with van der Waals surface area (Å²) in [7, 11) is 0. The molecule has 0 spiro atoms. The van der Waals surface area contributed by atoms with Crippen LogP contribution in [0.3, 0.4) is 0 Å². The van der Waals surface area contributed by atoms with Gasteiger partial charge in [-0.3, -0.25) is 9.59 Å². The van der Waals surface area contributed by atoms with E-state index in [4.69, 9.17) is 0 Å². The topological polar surface area (TPSA) is 37.4 Å². The molecule has 1 saturated heterocycles. The highest BCUT2D eigenvalue weighted by Crippen LogP contribution is 2.30. The van der Waals surface area contributed by atoms with Crippen molar-refractivity contribution in [2.75, 3.05) is 11.4 Å². The summed E-state index contributed by atoms with van der Waals surface area (Å²) < 4.78 is 26.3. The average molecular weight is 271 g/mol. The number of hydrogen-bond donors (Lipinski definition) is 0. The first-order chi connectivity index (χ1) is 8.47. The fourth-order valence-electron chi connectivity index (χ4n) is 1.92. The lowest BCUT2D eigenvalue weighted by Crippen LogP contribution is -2.26. The summed E-state index contributed by atoms with van der Waals surface area (Å²) in [4.78, 5) is 24.0. The summed E-state index contributed by atoms with van der Waals surface area (Å²) in [6.45, 7) is 1.70. The Hall–Kier alpha value is -1.43. The van der Waals surface area contributed by atoms with Crippen molar-refractivity contribution in [2.45, 2.75) is 18.6 Å². The second kappa shape index (κ2) is 5.06. The lowest BCUT2D eigenvalue weighted by Gasteiger charge is -2.17. The Labute approximate surface area is 107 Å². The van der Waals surface area contributed by atoms with E-state index in [-0.39, 0.29) is 34.9 Å². The second-order valence-corrected chi connectivity index (χ2v) is 5.51. The third-order valence-corrected chi connectivity index (χ3v) is 3.60. The van der Waals surface area contributed by atoms with Crippen molar-refractivity contribution in [1.82, 2.24) is 0 Å². The number of benzene rings is 1. The number of amides is 1. The molecular weight excluding hydrogens is 260 g/mol. The van der Waals surface area contributed by atoms with Crippen LogP contribution in [0.1, 0.15) is 13.3 Å². The summed E-state index contributed by atoms with van der Waals surface area (Å²) in [6, 6.07) is 3.09. The van der Waals surface area contributed by atoms with E-state index in [1.165, 1.54) is 17.9 Å². The molecule has 0 saturated carbocycles. The van der Waals surface area contributed by atoms with Gasteiger partial charge in [0.2, 0.25) is 5.91 Å². The van der Waals surface area contributed by atoms with Crippen LogP contribution >= 0.6 is 11.8 Å². The number of thioether (sulfide) groups is 1. The van der Waals surface area contributed by atoms with Gasteiger partial charge >= 0.3 is 0 Å². The molecule has 6 heteroatoms. The molecule has 18 heavy (non-hydrogen) atoms. The molecule has 1 aromatic carbocycles. The van der Waals surface area contributed by atoms with Crippen molar-refractivity contribution in [2.24, 2.45) is 0 Å². The van der Waals surface area contributed by atoms with Gasteiger partial charge in [-0.05, 0) is 12.1 Å². The van der Waals surface area contributed by atoms with Crippen LogP contribution in [-0.4, -0.2) is 22.8 Å². The first-order valence-corrected chi connectivity index (χ1v) is 6.28. The molecule has 1 atom stereocenters. The number of carbonyl (C=O) groups is 2. The van der Waals surface area contributed by atoms with E-state index in [0.29, 0.717) is 0 Å². The number of nitrogens with zero attached hydrogens (tertiary/aromatic N) is 1. The smallest absolute Gasteiger partial charge is 0.228 e. The minimum absolute atomic E-state index is 0.0630. The van der Waals surface area contributed by atoms with Gasteiger partial charge in [0.05, 0.1) is 5.69 Å². The third-order valence-electron chi connectivity index (χ3n) is 2.62. The van der Waals surface area contributed by atoms with Crippen LogP contribution in [0.25, 0.3) is 0 Å². The molecule has 0 radical (unpaired) electrons.